The molecular formula is C17H16FNO3. The van der Waals surface area contributed by atoms with Gasteiger partial charge in [-0.1, -0.05) is 24.3 Å². The van der Waals surface area contributed by atoms with E-state index in [4.69, 9.17) is 4.74 Å². The van der Waals surface area contributed by atoms with E-state index in [9.17, 15) is 14.3 Å². The van der Waals surface area contributed by atoms with Gasteiger partial charge in [-0.05, 0) is 24.6 Å². The van der Waals surface area contributed by atoms with E-state index < -0.39 is 11.9 Å². The third-order valence-electron chi connectivity index (χ3n) is 3.67. The Bertz CT molecular complexity index is 689. The smallest absolute Gasteiger partial charge is 0.264 e. The summed E-state index contributed by atoms with van der Waals surface area (Å²) in [5.41, 5.74) is 1.45. The first-order valence-electron chi connectivity index (χ1n) is 7.11. The van der Waals surface area contributed by atoms with Gasteiger partial charge in [0.25, 0.3) is 5.91 Å². The van der Waals surface area contributed by atoms with E-state index in [1.54, 1.807) is 17.0 Å². The number of carbonyl (C=O) groups excluding carboxylic acids is 1. The number of amides is 1. The summed E-state index contributed by atoms with van der Waals surface area (Å²) in [5.74, 6) is -0.307. The van der Waals surface area contributed by atoms with Gasteiger partial charge in [0, 0.05) is 23.9 Å². The van der Waals surface area contributed by atoms with Crippen LogP contribution in [-0.4, -0.2) is 24.2 Å². The lowest BCUT2D eigenvalue weighted by atomic mass is 9.99. The van der Waals surface area contributed by atoms with Crippen molar-refractivity contribution in [1.82, 2.24) is 0 Å². The number of anilines is 1. The Morgan fingerprint density at radius 2 is 2.09 bits per heavy atom. The normalized spacial score (nSPS) is 17.0. The molecule has 5 heteroatoms. The number of hydrogen-bond donors (Lipinski definition) is 1. The molecule has 0 bridgehead atoms. The summed E-state index contributed by atoms with van der Waals surface area (Å²) in [7, 11) is 0. The lowest BCUT2D eigenvalue weighted by Crippen LogP contribution is -2.39. The first-order chi connectivity index (χ1) is 10.6. The van der Waals surface area contributed by atoms with Crippen LogP contribution in [0.4, 0.5) is 10.1 Å². The van der Waals surface area contributed by atoms with Gasteiger partial charge in [0.15, 0.2) is 6.61 Å². The van der Waals surface area contributed by atoms with Crippen molar-refractivity contribution in [2.45, 2.75) is 12.5 Å². The SMILES string of the molecule is O=C(COc1cccc(F)c1)N1CCC(O)c2ccccc21. The van der Waals surface area contributed by atoms with Crippen LogP contribution in [0.1, 0.15) is 18.1 Å². The summed E-state index contributed by atoms with van der Waals surface area (Å²) in [6, 6.07) is 13.0. The molecule has 0 spiro atoms. The summed E-state index contributed by atoms with van der Waals surface area (Å²) in [5, 5.41) is 9.99. The zero-order chi connectivity index (χ0) is 15.5. The molecule has 1 unspecified atom stereocenters. The zero-order valence-corrected chi connectivity index (χ0v) is 11.9. The number of ether oxygens (including phenoxy) is 1. The van der Waals surface area contributed by atoms with E-state index in [2.05, 4.69) is 0 Å². The van der Waals surface area contributed by atoms with Crippen LogP contribution in [-0.2, 0) is 4.79 Å². The number of hydrogen-bond acceptors (Lipinski definition) is 3. The van der Waals surface area contributed by atoms with Crippen LogP contribution < -0.4 is 9.64 Å². The third kappa shape index (κ3) is 2.94. The van der Waals surface area contributed by atoms with Crippen molar-refractivity contribution in [2.24, 2.45) is 0 Å². The van der Waals surface area contributed by atoms with Crippen molar-refractivity contribution in [3.63, 3.8) is 0 Å². The molecule has 1 aliphatic rings. The van der Waals surface area contributed by atoms with Crippen molar-refractivity contribution in [3.8, 4) is 5.75 Å². The third-order valence-corrected chi connectivity index (χ3v) is 3.67. The molecule has 2 aromatic rings. The van der Waals surface area contributed by atoms with Gasteiger partial charge < -0.3 is 14.7 Å². The highest BCUT2D eigenvalue weighted by Gasteiger charge is 2.27. The number of halogens is 1. The quantitative estimate of drug-likeness (QED) is 0.948. The van der Waals surface area contributed by atoms with Crippen molar-refractivity contribution < 1.29 is 19.0 Å². The highest BCUT2D eigenvalue weighted by Crippen LogP contribution is 2.33. The number of rotatable bonds is 3. The molecule has 1 N–H and O–H groups in total. The number of nitrogens with zero attached hydrogens (tertiary/aromatic N) is 1. The van der Waals surface area contributed by atoms with Crippen molar-refractivity contribution in [3.05, 3.63) is 59.9 Å². The van der Waals surface area contributed by atoms with Crippen LogP contribution in [0.2, 0.25) is 0 Å². The molecule has 1 atom stereocenters. The molecule has 0 saturated heterocycles. The summed E-state index contributed by atoms with van der Waals surface area (Å²) >= 11 is 0. The Morgan fingerprint density at radius 3 is 2.91 bits per heavy atom. The molecule has 114 valence electrons. The van der Waals surface area contributed by atoms with Gasteiger partial charge in [-0.3, -0.25) is 4.79 Å². The highest BCUT2D eigenvalue weighted by atomic mass is 19.1. The predicted molar refractivity (Wildman–Crippen MR) is 80.3 cm³/mol. The molecule has 0 saturated carbocycles. The minimum atomic E-state index is -0.551. The van der Waals surface area contributed by atoms with E-state index in [-0.39, 0.29) is 12.5 Å². The standard InChI is InChI=1S/C17H16FNO3/c18-12-4-3-5-13(10-12)22-11-17(21)19-9-8-16(20)14-6-1-2-7-15(14)19/h1-7,10,16,20H,8-9,11H2. The van der Waals surface area contributed by atoms with Gasteiger partial charge in [0.1, 0.15) is 11.6 Å². The molecule has 3 rings (SSSR count). The first kappa shape index (κ1) is 14.5. The highest BCUT2D eigenvalue weighted by molar-refractivity contribution is 5.95. The van der Waals surface area contributed by atoms with Crippen LogP contribution in [0.15, 0.2) is 48.5 Å². The van der Waals surface area contributed by atoms with Crippen LogP contribution >= 0.6 is 0 Å². The van der Waals surface area contributed by atoms with Crippen LogP contribution in [0.25, 0.3) is 0 Å². The molecule has 4 nitrogen and oxygen atoms in total. The fraction of sp³-hybridized carbons (Fsp3) is 0.235. The van der Waals surface area contributed by atoms with Crippen LogP contribution in [0.3, 0.4) is 0 Å². The number of carbonyl (C=O) groups is 1. The molecule has 1 heterocycles. The Labute approximate surface area is 127 Å². The first-order valence-corrected chi connectivity index (χ1v) is 7.11. The number of fused-ring (bicyclic) bond motifs is 1. The molecule has 2 aromatic carbocycles. The number of benzene rings is 2. The molecule has 1 amide bonds. The number of aliphatic hydroxyl groups is 1. The maximum Gasteiger partial charge on any atom is 0.264 e. The lowest BCUT2D eigenvalue weighted by Gasteiger charge is -2.32. The van der Waals surface area contributed by atoms with Gasteiger partial charge in [0.05, 0.1) is 6.10 Å². The number of aliphatic hydroxyl groups excluding tert-OH is 1. The van der Waals surface area contributed by atoms with Crippen molar-refractivity contribution in [2.75, 3.05) is 18.1 Å². The molecule has 1 aliphatic heterocycles. The average Bonchev–Trinajstić information content (AvgIpc) is 2.53. The molecular weight excluding hydrogens is 285 g/mol. The summed E-state index contributed by atoms with van der Waals surface area (Å²) in [4.78, 5) is 13.9. The minimum Gasteiger partial charge on any atom is -0.484 e. The van der Waals surface area contributed by atoms with Gasteiger partial charge in [-0.15, -0.1) is 0 Å². The Kier molecular flexibility index (Phi) is 4.06. The maximum atomic E-state index is 13.1. The van der Waals surface area contributed by atoms with Gasteiger partial charge in [0.2, 0.25) is 0 Å². The maximum absolute atomic E-state index is 13.1. The monoisotopic (exact) mass is 301 g/mol. The largest absolute Gasteiger partial charge is 0.484 e. The zero-order valence-electron chi connectivity index (χ0n) is 11.9. The second-order valence-electron chi connectivity index (χ2n) is 5.15. The fourth-order valence-electron chi connectivity index (χ4n) is 2.58. The van der Waals surface area contributed by atoms with E-state index >= 15 is 0 Å². The molecule has 22 heavy (non-hydrogen) atoms. The Hall–Kier alpha value is -2.40. The Balaban J connectivity index is 1.72. The lowest BCUT2D eigenvalue weighted by molar-refractivity contribution is -0.120. The molecule has 0 fully saturated rings. The Morgan fingerprint density at radius 1 is 1.27 bits per heavy atom. The van der Waals surface area contributed by atoms with E-state index in [1.165, 1.54) is 18.2 Å². The fourth-order valence-corrected chi connectivity index (χ4v) is 2.58. The van der Waals surface area contributed by atoms with Crippen LogP contribution in [0, 0.1) is 5.82 Å². The summed E-state index contributed by atoms with van der Waals surface area (Å²) in [6.45, 7) is 0.261. The number of para-hydroxylation sites is 1. The second kappa shape index (κ2) is 6.15. The molecule has 0 aromatic heterocycles. The predicted octanol–water partition coefficient (Wildman–Crippen LogP) is 2.67. The van der Waals surface area contributed by atoms with Crippen molar-refractivity contribution in [1.29, 1.82) is 0 Å². The van der Waals surface area contributed by atoms with Crippen LogP contribution in [0.5, 0.6) is 5.75 Å². The van der Waals surface area contributed by atoms with E-state index in [0.29, 0.717) is 24.4 Å². The van der Waals surface area contributed by atoms with Crippen molar-refractivity contribution >= 4 is 11.6 Å². The van der Waals surface area contributed by atoms with E-state index in [0.717, 1.165) is 5.56 Å². The minimum absolute atomic E-state index is 0.173. The van der Waals surface area contributed by atoms with E-state index in [1.807, 2.05) is 18.2 Å². The summed E-state index contributed by atoms with van der Waals surface area (Å²) in [6.07, 6.45) is -0.0627. The summed E-state index contributed by atoms with van der Waals surface area (Å²) < 4.78 is 18.4. The molecule has 0 radical (unpaired) electrons. The topological polar surface area (TPSA) is 49.8 Å². The second-order valence-corrected chi connectivity index (χ2v) is 5.15. The van der Waals surface area contributed by atoms with Gasteiger partial charge in [-0.2, -0.15) is 0 Å². The van der Waals surface area contributed by atoms with Gasteiger partial charge >= 0.3 is 0 Å². The van der Waals surface area contributed by atoms with Gasteiger partial charge in [-0.25, -0.2) is 4.39 Å². The molecule has 0 aliphatic carbocycles. The average molecular weight is 301 g/mol.